The molecule has 0 N–H and O–H groups in total. The highest BCUT2D eigenvalue weighted by Crippen LogP contribution is 2.39. The van der Waals surface area contributed by atoms with Gasteiger partial charge in [0.05, 0.1) is 26.4 Å². The number of allylic oxidation sites excluding steroid dienone is 1. The Hall–Kier alpha value is -1.36. The Balaban J connectivity index is 1.92. The number of hydrogen-bond donors (Lipinski definition) is 0. The van der Waals surface area contributed by atoms with E-state index < -0.39 is 0 Å². The van der Waals surface area contributed by atoms with Crippen LogP contribution in [0.15, 0.2) is 35.9 Å². The van der Waals surface area contributed by atoms with Crippen LogP contribution in [0.3, 0.4) is 0 Å². The quantitative estimate of drug-likeness (QED) is 0.721. The fourth-order valence-corrected chi connectivity index (χ4v) is 3.14. The van der Waals surface area contributed by atoms with Crippen molar-refractivity contribution in [1.82, 2.24) is 4.90 Å². The minimum absolute atomic E-state index is 0.215. The van der Waals surface area contributed by atoms with E-state index in [1.807, 2.05) is 6.07 Å². The van der Waals surface area contributed by atoms with Crippen molar-refractivity contribution in [2.24, 2.45) is 0 Å². The van der Waals surface area contributed by atoms with Crippen LogP contribution in [0.2, 0.25) is 0 Å². The molecule has 22 heavy (non-hydrogen) atoms. The van der Waals surface area contributed by atoms with Crippen molar-refractivity contribution in [1.29, 1.82) is 0 Å². The highest BCUT2D eigenvalue weighted by Gasteiger charge is 2.34. The normalized spacial score (nSPS) is 19.9. The molecule has 1 fully saturated rings. The Labute approximate surface area is 132 Å². The molecule has 2 aliphatic rings. The zero-order valence-electron chi connectivity index (χ0n) is 13.5. The lowest BCUT2D eigenvalue weighted by Crippen LogP contribution is -2.41. The standard InChI is InChI=1S/C18H25NO3/c1-3-10-19(18-21-11-12-22-18)17(14-6-4-7-14)15-8-5-9-16(13-15)20-2/h5-6,8-9,13,17-18H,3-4,7,10-12H2,1-2H3. The van der Waals surface area contributed by atoms with E-state index >= 15 is 0 Å². The van der Waals surface area contributed by atoms with E-state index in [-0.39, 0.29) is 12.5 Å². The monoisotopic (exact) mass is 303 g/mol. The van der Waals surface area contributed by atoms with Crippen molar-refractivity contribution in [3.05, 3.63) is 41.5 Å². The van der Waals surface area contributed by atoms with Gasteiger partial charge in [-0.25, -0.2) is 4.90 Å². The first-order valence-corrected chi connectivity index (χ1v) is 8.15. The van der Waals surface area contributed by atoms with Crippen molar-refractivity contribution in [2.75, 3.05) is 26.9 Å². The van der Waals surface area contributed by atoms with E-state index in [4.69, 9.17) is 14.2 Å². The lowest BCUT2D eigenvalue weighted by Gasteiger charge is -2.38. The van der Waals surface area contributed by atoms with Gasteiger partial charge in [0.2, 0.25) is 6.41 Å². The summed E-state index contributed by atoms with van der Waals surface area (Å²) in [4.78, 5) is 2.34. The maximum atomic E-state index is 5.79. The Morgan fingerprint density at radius 3 is 2.68 bits per heavy atom. The molecular formula is C18H25NO3. The summed E-state index contributed by atoms with van der Waals surface area (Å²) < 4.78 is 17.0. The third kappa shape index (κ3) is 3.19. The van der Waals surface area contributed by atoms with Crippen LogP contribution in [-0.2, 0) is 9.47 Å². The molecule has 1 aliphatic heterocycles. The second-order valence-electron chi connectivity index (χ2n) is 5.78. The summed E-state index contributed by atoms with van der Waals surface area (Å²) >= 11 is 0. The first-order chi connectivity index (χ1) is 10.8. The van der Waals surface area contributed by atoms with Crippen molar-refractivity contribution >= 4 is 0 Å². The van der Waals surface area contributed by atoms with Gasteiger partial charge >= 0.3 is 0 Å². The largest absolute Gasteiger partial charge is 0.497 e. The maximum Gasteiger partial charge on any atom is 0.219 e. The van der Waals surface area contributed by atoms with Gasteiger partial charge in [0.25, 0.3) is 0 Å². The van der Waals surface area contributed by atoms with Crippen molar-refractivity contribution in [2.45, 2.75) is 38.6 Å². The van der Waals surface area contributed by atoms with E-state index in [0.717, 1.165) is 25.1 Å². The summed E-state index contributed by atoms with van der Waals surface area (Å²) in [6.07, 6.45) is 5.48. The average molecular weight is 303 g/mol. The highest BCUT2D eigenvalue weighted by atomic mass is 16.7. The van der Waals surface area contributed by atoms with Gasteiger partial charge in [-0.2, -0.15) is 0 Å². The zero-order chi connectivity index (χ0) is 15.4. The van der Waals surface area contributed by atoms with Gasteiger partial charge in [-0.05, 0) is 37.0 Å². The fourth-order valence-electron chi connectivity index (χ4n) is 3.14. The molecule has 1 aliphatic carbocycles. The molecule has 120 valence electrons. The van der Waals surface area contributed by atoms with Crippen LogP contribution in [0.4, 0.5) is 0 Å². The van der Waals surface area contributed by atoms with Gasteiger partial charge in [0.1, 0.15) is 5.75 Å². The summed E-state index contributed by atoms with van der Waals surface area (Å²) in [7, 11) is 1.71. The van der Waals surface area contributed by atoms with E-state index in [1.165, 1.54) is 17.6 Å². The summed E-state index contributed by atoms with van der Waals surface area (Å²) in [6, 6.07) is 8.56. The Morgan fingerprint density at radius 2 is 2.09 bits per heavy atom. The Bertz CT molecular complexity index is 523. The van der Waals surface area contributed by atoms with Gasteiger partial charge < -0.3 is 14.2 Å². The smallest absolute Gasteiger partial charge is 0.219 e. The van der Waals surface area contributed by atoms with Gasteiger partial charge in [0, 0.05) is 6.54 Å². The van der Waals surface area contributed by atoms with Crippen molar-refractivity contribution in [3.8, 4) is 5.75 Å². The molecule has 0 saturated carbocycles. The van der Waals surface area contributed by atoms with E-state index in [2.05, 4.69) is 36.1 Å². The number of methoxy groups -OCH3 is 1. The third-order valence-corrected chi connectivity index (χ3v) is 4.29. The molecule has 1 aromatic rings. The first kappa shape index (κ1) is 15.5. The maximum absolute atomic E-state index is 5.79. The molecule has 0 spiro atoms. The minimum Gasteiger partial charge on any atom is -0.497 e. The summed E-state index contributed by atoms with van der Waals surface area (Å²) in [6.45, 7) is 4.49. The molecule has 0 aromatic heterocycles. The summed E-state index contributed by atoms with van der Waals surface area (Å²) in [5.74, 6) is 0.895. The van der Waals surface area contributed by atoms with Crippen LogP contribution in [0.5, 0.6) is 5.75 Å². The second-order valence-corrected chi connectivity index (χ2v) is 5.78. The van der Waals surface area contributed by atoms with Gasteiger partial charge in [-0.1, -0.05) is 30.7 Å². The number of hydrogen-bond acceptors (Lipinski definition) is 4. The van der Waals surface area contributed by atoms with Gasteiger partial charge in [0.15, 0.2) is 0 Å². The molecule has 0 amide bonds. The molecule has 1 atom stereocenters. The van der Waals surface area contributed by atoms with E-state index in [0.29, 0.717) is 13.2 Å². The van der Waals surface area contributed by atoms with E-state index in [9.17, 15) is 0 Å². The van der Waals surface area contributed by atoms with Crippen LogP contribution in [0.1, 0.15) is 37.8 Å². The van der Waals surface area contributed by atoms with Crippen LogP contribution in [0, 0.1) is 0 Å². The van der Waals surface area contributed by atoms with E-state index in [1.54, 1.807) is 7.11 Å². The van der Waals surface area contributed by atoms with Crippen molar-refractivity contribution in [3.63, 3.8) is 0 Å². The fraction of sp³-hybridized carbons (Fsp3) is 0.556. The average Bonchev–Trinajstić information content (AvgIpc) is 3.03. The Morgan fingerprint density at radius 1 is 1.32 bits per heavy atom. The molecule has 1 saturated heterocycles. The lowest BCUT2D eigenvalue weighted by atomic mass is 9.86. The zero-order valence-corrected chi connectivity index (χ0v) is 13.5. The van der Waals surface area contributed by atoms with Gasteiger partial charge in [-0.3, -0.25) is 0 Å². The lowest BCUT2D eigenvalue weighted by molar-refractivity contribution is -0.164. The minimum atomic E-state index is -0.238. The summed E-state index contributed by atoms with van der Waals surface area (Å²) in [5, 5.41) is 0. The molecule has 3 rings (SSSR count). The predicted octanol–water partition coefficient (Wildman–Crippen LogP) is 3.50. The van der Waals surface area contributed by atoms with Crippen LogP contribution < -0.4 is 4.74 Å². The van der Waals surface area contributed by atoms with Crippen molar-refractivity contribution < 1.29 is 14.2 Å². The number of rotatable bonds is 7. The summed E-state index contributed by atoms with van der Waals surface area (Å²) in [5.41, 5.74) is 2.71. The van der Waals surface area contributed by atoms with Crippen LogP contribution >= 0.6 is 0 Å². The molecule has 0 bridgehead atoms. The second kappa shape index (κ2) is 7.27. The van der Waals surface area contributed by atoms with Gasteiger partial charge in [-0.15, -0.1) is 0 Å². The molecular weight excluding hydrogens is 278 g/mol. The number of nitrogens with zero attached hydrogens (tertiary/aromatic N) is 1. The van der Waals surface area contributed by atoms with Crippen LogP contribution in [-0.4, -0.2) is 38.2 Å². The topological polar surface area (TPSA) is 30.9 Å². The number of ether oxygens (including phenoxy) is 3. The molecule has 1 heterocycles. The molecule has 1 aromatic carbocycles. The highest BCUT2D eigenvalue weighted by molar-refractivity contribution is 5.37. The SMILES string of the molecule is CCCN(C1OCCO1)C(C1=CCC1)c1cccc(OC)c1. The number of benzene rings is 1. The first-order valence-electron chi connectivity index (χ1n) is 8.15. The van der Waals surface area contributed by atoms with Crippen LogP contribution in [0.25, 0.3) is 0 Å². The molecule has 4 heteroatoms. The molecule has 0 radical (unpaired) electrons. The Kier molecular flexibility index (Phi) is 5.13. The third-order valence-electron chi connectivity index (χ3n) is 4.29. The predicted molar refractivity (Wildman–Crippen MR) is 85.7 cm³/mol. The molecule has 4 nitrogen and oxygen atoms in total. The molecule has 1 unspecified atom stereocenters.